The largest absolute Gasteiger partial charge is 0.324 e. The second-order valence-corrected chi connectivity index (χ2v) is 5.71. The summed E-state index contributed by atoms with van der Waals surface area (Å²) in [6.45, 7) is 0.764. The Labute approximate surface area is 145 Å². The number of benzene rings is 2. The maximum Gasteiger partial charge on any atom is 0.238 e. The number of nitriles is 1. The minimum absolute atomic E-state index is 0.158. The smallest absolute Gasteiger partial charge is 0.238 e. The summed E-state index contributed by atoms with van der Waals surface area (Å²) in [5.74, 6) is -0.199. The predicted molar refractivity (Wildman–Crippen MR) is 92.8 cm³/mol. The second-order valence-electron chi connectivity index (χ2n) is 4.87. The molecule has 0 aromatic heterocycles. The maximum absolute atomic E-state index is 11.9. The zero-order chi connectivity index (χ0) is 16.7. The van der Waals surface area contributed by atoms with Gasteiger partial charge < -0.3 is 10.6 Å². The van der Waals surface area contributed by atoms with E-state index >= 15 is 0 Å². The summed E-state index contributed by atoms with van der Waals surface area (Å²) >= 11 is 11.9. The number of para-hydroxylation sites is 1. The maximum atomic E-state index is 11.9. The highest BCUT2D eigenvalue weighted by Crippen LogP contribution is 2.21. The van der Waals surface area contributed by atoms with Crippen molar-refractivity contribution in [2.45, 2.75) is 6.42 Å². The fourth-order valence-electron chi connectivity index (χ4n) is 2.03. The van der Waals surface area contributed by atoms with Crippen molar-refractivity contribution in [1.29, 1.82) is 5.26 Å². The van der Waals surface area contributed by atoms with Crippen molar-refractivity contribution in [2.24, 2.45) is 0 Å². The van der Waals surface area contributed by atoms with E-state index in [9.17, 15) is 4.79 Å². The van der Waals surface area contributed by atoms with Gasteiger partial charge in [-0.25, -0.2) is 0 Å². The topological polar surface area (TPSA) is 64.9 Å². The normalized spacial score (nSPS) is 10.1. The van der Waals surface area contributed by atoms with E-state index in [2.05, 4.69) is 10.6 Å². The first-order valence-electron chi connectivity index (χ1n) is 7.04. The zero-order valence-corrected chi connectivity index (χ0v) is 13.8. The SMILES string of the molecule is N#Cc1ccccc1NC(=O)CNCCc1ccc(Cl)cc1Cl. The van der Waals surface area contributed by atoms with E-state index in [4.69, 9.17) is 28.5 Å². The Morgan fingerprint density at radius 3 is 2.70 bits per heavy atom. The van der Waals surface area contributed by atoms with Gasteiger partial charge in [0.1, 0.15) is 6.07 Å². The summed E-state index contributed by atoms with van der Waals surface area (Å²) in [5, 5.41) is 16.0. The van der Waals surface area contributed by atoms with Crippen LogP contribution in [0, 0.1) is 11.3 Å². The first kappa shape index (κ1) is 17.3. The van der Waals surface area contributed by atoms with E-state index < -0.39 is 0 Å². The molecule has 0 aliphatic heterocycles. The van der Waals surface area contributed by atoms with E-state index in [0.29, 0.717) is 34.3 Å². The first-order valence-corrected chi connectivity index (χ1v) is 7.79. The lowest BCUT2D eigenvalue weighted by Gasteiger charge is -2.09. The molecule has 0 radical (unpaired) electrons. The number of rotatable bonds is 6. The van der Waals surface area contributed by atoms with Crippen molar-refractivity contribution in [3.05, 3.63) is 63.6 Å². The summed E-state index contributed by atoms with van der Waals surface area (Å²) in [5.41, 5.74) is 1.93. The summed E-state index contributed by atoms with van der Waals surface area (Å²) in [4.78, 5) is 11.9. The van der Waals surface area contributed by atoms with E-state index in [1.165, 1.54) is 0 Å². The minimum Gasteiger partial charge on any atom is -0.324 e. The molecule has 2 rings (SSSR count). The van der Waals surface area contributed by atoms with Crippen molar-refractivity contribution in [3.63, 3.8) is 0 Å². The Morgan fingerprint density at radius 2 is 1.96 bits per heavy atom. The average Bonchev–Trinajstić information content (AvgIpc) is 2.53. The number of halogens is 2. The van der Waals surface area contributed by atoms with Crippen LogP contribution in [0.4, 0.5) is 5.69 Å². The molecule has 0 saturated carbocycles. The van der Waals surface area contributed by atoms with Gasteiger partial charge in [-0.2, -0.15) is 5.26 Å². The van der Waals surface area contributed by atoms with Gasteiger partial charge in [0.05, 0.1) is 17.8 Å². The average molecular weight is 348 g/mol. The lowest BCUT2D eigenvalue weighted by molar-refractivity contribution is -0.115. The van der Waals surface area contributed by atoms with Crippen LogP contribution in [0.5, 0.6) is 0 Å². The van der Waals surface area contributed by atoms with Crippen LogP contribution >= 0.6 is 23.2 Å². The molecule has 0 aliphatic rings. The van der Waals surface area contributed by atoms with Gasteiger partial charge in [-0.15, -0.1) is 0 Å². The van der Waals surface area contributed by atoms with Crippen LogP contribution in [0.1, 0.15) is 11.1 Å². The third-order valence-electron chi connectivity index (χ3n) is 3.19. The molecule has 0 fully saturated rings. The molecule has 0 unspecified atom stereocenters. The Bertz CT molecular complexity index is 741. The van der Waals surface area contributed by atoms with Gasteiger partial charge in [0.15, 0.2) is 0 Å². The molecule has 2 aromatic rings. The van der Waals surface area contributed by atoms with Gasteiger partial charge >= 0.3 is 0 Å². The number of hydrogen-bond acceptors (Lipinski definition) is 3. The van der Waals surface area contributed by atoms with Crippen LogP contribution in [0.15, 0.2) is 42.5 Å². The summed E-state index contributed by atoms with van der Waals surface area (Å²) in [7, 11) is 0. The second kappa shape index (κ2) is 8.54. The number of anilines is 1. The molecule has 0 saturated heterocycles. The van der Waals surface area contributed by atoms with Gasteiger partial charge in [-0.05, 0) is 42.8 Å². The summed E-state index contributed by atoms with van der Waals surface area (Å²) < 4.78 is 0. The summed E-state index contributed by atoms with van der Waals surface area (Å²) in [6, 6.07) is 14.3. The number of hydrogen-bond donors (Lipinski definition) is 2. The van der Waals surface area contributed by atoms with Crippen LogP contribution < -0.4 is 10.6 Å². The van der Waals surface area contributed by atoms with Gasteiger partial charge in [-0.1, -0.05) is 41.4 Å². The van der Waals surface area contributed by atoms with Crippen molar-refractivity contribution in [2.75, 3.05) is 18.4 Å². The highest BCUT2D eigenvalue weighted by atomic mass is 35.5. The number of carbonyl (C=O) groups is 1. The van der Waals surface area contributed by atoms with Crippen LogP contribution in [0.25, 0.3) is 0 Å². The molecule has 6 heteroatoms. The Balaban J connectivity index is 1.78. The van der Waals surface area contributed by atoms with Gasteiger partial charge in [0.25, 0.3) is 0 Å². The van der Waals surface area contributed by atoms with E-state index in [-0.39, 0.29) is 12.5 Å². The number of nitrogens with zero attached hydrogens (tertiary/aromatic N) is 1. The molecule has 0 bridgehead atoms. The van der Waals surface area contributed by atoms with Gasteiger partial charge in [-0.3, -0.25) is 4.79 Å². The molecule has 118 valence electrons. The van der Waals surface area contributed by atoms with E-state index in [0.717, 1.165) is 5.56 Å². The lowest BCUT2D eigenvalue weighted by atomic mass is 10.1. The Hall–Kier alpha value is -2.06. The van der Waals surface area contributed by atoms with Gasteiger partial charge in [0.2, 0.25) is 5.91 Å². The molecular weight excluding hydrogens is 333 g/mol. The van der Waals surface area contributed by atoms with Crippen molar-refractivity contribution >= 4 is 34.8 Å². The van der Waals surface area contributed by atoms with Crippen molar-refractivity contribution in [3.8, 4) is 6.07 Å². The monoisotopic (exact) mass is 347 g/mol. The molecule has 0 heterocycles. The van der Waals surface area contributed by atoms with Gasteiger partial charge in [0, 0.05) is 10.0 Å². The quantitative estimate of drug-likeness (QED) is 0.784. The van der Waals surface area contributed by atoms with Crippen LogP contribution in [-0.4, -0.2) is 19.0 Å². The molecule has 2 aromatic carbocycles. The lowest BCUT2D eigenvalue weighted by Crippen LogP contribution is -2.29. The minimum atomic E-state index is -0.199. The number of amides is 1. The standard InChI is InChI=1S/C17H15Cl2N3O/c18-14-6-5-12(15(19)9-14)7-8-21-11-17(23)22-16-4-2-1-3-13(16)10-20/h1-6,9,21H,7-8,11H2,(H,22,23). The molecular formula is C17H15Cl2N3O. The molecule has 0 aliphatic carbocycles. The summed E-state index contributed by atoms with van der Waals surface area (Å²) in [6.07, 6.45) is 0.693. The van der Waals surface area contributed by atoms with Crippen molar-refractivity contribution in [1.82, 2.24) is 5.32 Å². The van der Waals surface area contributed by atoms with E-state index in [1.807, 2.05) is 12.1 Å². The molecule has 4 nitrogen and oxygen atoms in total. The predicted octanol–water partition coefficient (Wildman–Crippen LogP) is 3.64. The Morgan fingerprint density at radius 1 is 1.17 bits per heavy atom. The van der Waals surface area contributed by atoms with E-state index in [1.54, 1.807) is 36.4 Å². The van der Waals surface area contributed by atoms with Crippen molar-refractivity contribution < 1.29 is 4.79 Å². The highest BCUT2D eigenvalue weighted by Gasteiger charge is 2.06. The zero-order valence-electron chi connectivity index (χ0n) is 12.3. The Kier molecular flexibility index (Phi) is 6.42. The fraction of sp³-hybridized carbons (Fsp3) is 0.176. The molecule has 0 atom stereocenters. The molecule has 0 spiro atoms. The van der Waals surface area contributed by atoms with Crippen LogP contribution in [-0.2, 0) is 11.2 Å². The highest BCUT2D eigenvalue weighted by molar-refractivity contribution is 6.35. The third kappa shape index (κ3) is 5.26. The number of carbonyl (C=O) groups excluding carboxylic acids is 1. The molecule has 1 amide bonds. The molecule has 23 heavy (non-hydrogen) atoms. The fourth-order valence-corrected chi connectivity index (χ4v) is 2.54. The van der Waals surface area contributed by atoms with Crippen LogP contribution in [0.3, 0.4) is 0 Å². The van der Waals surface area contributed by atoms with Crippen LogP contribution in [0.2, 0.25) is 10.0 Å². The first-order chi connectivity index (χ1) is 11.1. The number of nitrogens with one attached hydrogen (secondary N) is 2. The third-order valence-corrected chi connectivity index (χ3v) is 3.78. The molecule has 2 N–H and O–H groups in total.